The van der Waals surface area contributed by atoms with Gasteiger partial charge in [0.05, 0.1) is 0 Å². The maximum Gasteiger partial charge on any atom is 0.0499 e. The van der Waals surface area contributed by atoms with Crippen LogP contribution in [0.15, 0.2) is 18.2 Å². The second kappa shape index (κ2) is 6.45. The molecule has 1 saturated carbocycles. The van der Waals surface area contributed by atoms with Gasteiger partial charge in [0, 0.05) is 34.7 Å². The second-order valence-corrected chi connectivity index (χ2v) is 6.48. The number of benzene rings is 1. The Balaban J connectivity index is 1.99. The highest BCUT2D eigenvalue weighted by Gasteiger charge is 2.33. The van der Waals surface area contributed by atoms with Crippen molar-refractivity contribution >= 4 is 23.2 Å². The van der Waals surface area contributed by atoms with Crippen molar-refractivity contribution in [1.29, 1.82) is 0 Å². The van der Waals surface area contributed by atoms with Gasteiger partial charge in [0.25, 0.3) is 0 Å². The van der Waals surface area contributed by atoms with Gasteiger partial charge >= 0.3 is 0 Å². The van der Waals surface area contributed by atoms with E-state index in [-0.39, 0.29) is 18.1 Å². The lowest BCUT2D eigenvalue weighted by Gasteiger charge is -2.29. The van der Waals surface area contributed by atoms with Crippen LogP contribution in [0, 0.1) is 5.41 Å². The maximum atomic E-state index is 9.61. The van der Waals surface area contributed by atoms with Crippen LogP contribution in [-0.2, 0) is 0 Å². The summed E-state index contributed by atoms with van der Waals surface area (Å²) < 4.78 is 0. The van der Waals surface area contributed by atoms with Gasteiger partial charge in [-0.3, -0.25) is 0 Å². The molecular formula is C15H21Cl2NO. The van der Waals surface area contributed by atoms with E-state index >= 15 is 0 Å². The number of nitrogens with one attached hydrogen (secondary N) is 1. The molecular weight excluding hydrogens is 281 g/mol. The summed E-state index contributed by atoms with van der Waals surface area (Å²) in [5.41, 5.74) is 1.12. The first-order valence-corrected chi connectivity index (χ1v) is 7.61. The molecule has 0 amide bonds. The lowest BCUT2D eigenvalue weighted by Crippen LogP contribution is -2.36. The normalized spacial score (nSPS) is 19.6. The SMILES string of the molecule is CC(NCC1(CO)CCCC1)c1ccc(Cl)cc1Cl. The van der Waals surface area contributed by atoms with Crippen LogP contribution in [-0.4, -0.2) is 18.3 Å². The minimum Gasteiger partial charge on any atom is -0.396 e. The molecule has 1 unspecified atom stereocenters. The zero-order chi connectivity index (χ0) is 13.9. The first-order valence-electron chi connectivity index (χ1n) is 6.85. The van der Waals surface area contributed by atoms with Crippen molar-refractivity contribution in [3.63, 3.8) is 0 Å². The molecule has 0 heterocycles. The van der Waals surface area contributed by atoms with Gasteiger partial charge in [0.2, 0.25) is 0 Å². The summed E-state index contributed by atoms with van der Waals surface area (Å²) in [5, 5.41) is 14.5. The quantitative estimate of drug-likeness (QED) is 0.854. The van der Waals surface area contributed by atoms with Crippen molar-refractivity contribution in [1.82, 2.24) is 5.32 Å². The molecule has 1 aliphatic rings. The fourth-order valence-corrected chi connectivity index (χ4v) is 3.42. The monoisotopic (exact) mass is 301 g/mol. The standard InChI is InChI=1S/C15H21Cl2NO/c1-11(13-5-4-12(16)8-14(13)17)18-9-15(10-19)6-2-3-7-15/h4-5,8,11,18-19H,2-3,6-7,9-10H2,1H3. The topological polar surface area (TPSA) is 32.3 Å². The lowest BCUT2D eigenvalue weighted by molar-refractivity contribution is 0.125. The molecule has 1 aliphatic carbocycles. The van der Waals surface area contributed by atoms with Gasteiger partial charge in [0.15, 0.2) is 0 Å². The minimum atomic E-state index is 0.0627. The van der Waals surface area contributed by atoms with E-state index in [1.807, 2.05) is 12.1 Å². The summed E-state index contributed by atoms with van der Waals surface area (Å²) in [6, 6.07) is 5.75. The van der Waals surface area contributed by atoms with Crippen molar-refractivity contribution in [2.24, 2.45) is 5.41 Å². The van der Waals surface area contributed by atoms with Crippen molar-refractivity contribution < 1.29 is 5.11 Å². The Kier molecular flexibility index (Phi) is 5.13. The van der Waals surface area contributed by atoms with E-state index in [2.05, 4.69) is 12.2 Å². The summed E-state index contributed by atoms with van der Waals surface area (Å²) >= 11 is 12.1. The average molecular weight is 302 g/mol. The van der Waals surface area contributed by atoms with Crippen LogP contribution in [0.5, 0.6) is 0 Å². The number of hydrogen-bond acceptors (Lipinski definition) is 2. The minimum absolute atomic E-state index is 0.0627. The van der Waals surface area contributed by atoms with E-state index in [4.69, 9.17) is 23.2 Å². The molecule has 1 aromatic carbocycles. The number of aliphatic hydroxyl groups excluding tert-OH is 1. The third kappa shape index (κ3) is 3.63. The molecule has 0 aliphatic heterocycles. The molecule has 106 valence electrons. The van der Waals surface area contributed by atoms with Crippen LogP contribution < -0.4 is 5.32 Å². The first-order chi connectivity index (χ1) is 9.06. The molecule has 0 aromatic heterocycles. The van der Waals surface area contributed by atoms with Crippen LogP contribution in [0.4, 0.5) is 0 Å². The molecule has 1 aromatic rings. The molecule has 2 rings (SSSR count). The Hall–Kier alpha value is -0.280. The summed E-state index contributed by atoms with van der Waals surface area (Å²) in [7, 11) is 0. The van der Waals surface area contributed by atoms with Crippen molar-refractivity contribution in [2.75, 3.05) is 13.2 Å². The van der Waals surface area contributed by atoms with Gasteiger partial charge in [-0.15, -0.1) is 0 Å². The third-order valence-electron chi connectivity index (χ3n) is 4.21. The fraction of sp³-hybridized carbons (Fsp3) is 0.600. The summed E-state index contributed by atoms with van der Waals surface area (Å²) in [6.45, 7) is 3.19. The number of halogens is 2. The Morgan fingerprint density at radius 1 is 1.32 bits per heavy atom. The van der Waals surface area contributed by atoms with E-state index < -0.39 is 0 Å². The molecule has 0 spiro atoms. The van der Waals surface area contributed by atoms with E-state index in [0.717, 1.165) is 24.9 Å². The van der Waals surface area contributed by atoms with E-state index in [1.54, 1.807) is 6.07 Å². The number of aliphatic hydroxyl groups is 1. The van der Waals surface area contributed by atoms with Crippen molar-refractivity contribution in [2.45, 2.75) is 38.6 Å². The third-order valence-corrected chi connectivity index (χ3v) is 4.77. The van der Waals surface area contributed by atoms with Crippen molar-refractivity contribution in [3.05, 3.63) is 33.8 Å². The second-order valence-electron chi connectivity index (χ2n) is 5.63. The molecule has 0 saturated heterocycles. The smallest absolute Gasteiger partial charge is 0.0499 e. The molecule has 1 atom stereocenters. The Morgan fingerprint density at radius 2 is 2.00 bits per heavy atom. The van der Waals surface area contributed by atoms with Crippen LogP contribution in [0.25, 0.3) is 0 Å². The van der Waals surface area contributed by atoms with Gasteiger partial charge in [-0.2, -0.15) is 0 Å². The highest BCUT2D eigenvalue weighted by Crippen LogP contribution is 2.37. The van der Waals surface area contributed by atoms with Gasteiger partial charge in [-0.05, 0) is 37.5 Å². The molecule has 0 radical (unpaired) electrons. The highest BCUT2D eigenvalue weighted by atomic mass is 35.5. The summed E-state index contributed by atoms with van der Waals surface area (Å²) in [4.78, 5) is 0. The van der Waals surface area contributed by atoms with E-state index in [1.165, 1.54) is 12.8 Å². The Labute approximate surface area is 125 Å². The van der Waals surface area contributed by atoms with Gasteiger partial charge < -0.3 is 10.4 Å². The molecule has 2 nitrogen and oxygen atoms in total. The molecule has 4 heteroatoms. The first kappa shape index (κ1) is 15.1. The predicted octanol–water partition coefficient (Wildman–Crippen LogP) is 4.20. The zero-order valence-electron chi connectivity index (χ0n) is 11.3. The zero-order valence-corrected chi connectivity index (χ0v) is 12.8. The largest absolute Gasteiger partial charge is 0.396 e. The molecule has 0 bridgehead atoms. The number of rotatable bonds is 5. The van der Waals surface area contributed by atoms with Gasteiger partial charge in [-0.1, -0.05) is 42.1 Å². The molecule has 1 fully saturated rings. The summed E-state index contributed by atoms with van der Waals surface area (Å²) in [6.07, 6.45) is 4.66. The lowest BCUT2D eigenvalue weighted by atomic mass is 9.87. The van der Waals surface area contributed by atoms with Crippen LogP contribution in [0.2, 0.25) is 10.0 Å². The van der Waals surface area contributed by atoms with E-state index in [0.29, 0.717) is 10.0 Å². The fourth-order valence-electron chi connectivity index (χ4n) is 2.85. The van der Waals surface area contributed by atoms with Gasteiger partial charge in [-0.25, -0.2) is 0 Å². The Bertz CT molecular complexity index is 430. The molecule has 19 heavy (non-hydrogen) atoms. The van der Waals surface area contributed by atoms with E-state index in [9.17, 15) is 5.11 Å². The van der Waals surface area contributed by atoms with Gasteiger partial charge in [0.1, 0.15) is 0 Å². The number of hydrogen-bond donors (Lipinski definition) is 2. The Morgan fingerprint density at radius 3 is 2.58 bits per heavy atom. The average Bonchev–Trinajstić information content (AvgIpc) is 2.85. The summed E-state index contributed by atoms with van der Waals surface area (Å²) in [5.74, 6) is 0. The molecule has 2 N–H and O–H groups in total. The predicted molar refractivity (Wildman–Crippen MR) is 80.9 cm³/mol. The maximum absolute atomic E-state index is 9.61. The van der Waals surface area contributed by atoms with Crippen molar-refractivity contribution in [3.8, 4) is 0 Å². The highest BCUT2D eigenvalue weighted by molar-refractivity contribution is 6.35. The van der Waals surface area contributed by atoms with Crippen LogP contribution in [0.1, 0.15) is 44.2 Å². The van der Waals surface area contributed by atoms with Crippen LogP contribution >= 0.6 is 23.2 Å². The van der Waals surface area contributed by atoms with Crippen LogP contribution in [0.3, 0.4) is 0 Å².